The molecular formula is C35H39N3O6. The number of likely N-dealkylation sites (N-methyl/N-ethyl adjacent to an activating group) is 1. The Morgan fingerprint density at radius 2 is 1.59 bits per heavy atom. The van der Waals surface area contributed by atoms with Gasteiger partial charge in [-0.15, -0.1) is 0 Å². The zero-order chi connectivity index (χ0) is 31.9. The zero-order valence-electron chi connectivity index (χ0n) is 25.8. The third kappa shape index (κ3) is 7.79. The van der Waals surface area contributed by atoms with E-state index in [1.807, 2.05) is 33.0 Å². The average Bonchev–Trinajstić information content (AvgIpc) is 3.01. The van der Waals surface area contributed by atoms with Gasteiger partial charge in [0.25, 0.3) is 5.69 Å². The maximum absolute atomic E-state index is 13.7. The summed E-state index contributed by atoms with van der Waals surface area (Å²) in [4.78, 5) is 39.7. The fourth-order valence-electron chi connectivity index (χ4n) is 5.76. The van der Waals surface area contributed by atoms with Gasteiger partial charge < -0.3 is 19.7 Å². The summed E-state index contributed by atoms with van der Waals surface area (Å²) in [6, 6.07) is 26.7. The van der Waals surface area contributed by atoms with Crippen LogP contribution in [0.4, 0.5) is 5.69 Å². The van der Waals surface area contributed by atoms with Crippen LogP contribution >= 0.6 is 0 Å². The summed E-state index contributed by atoms with van der Waals surface area (Å²) in [7, 11) is 3.25. The first-order valence-corrected chi connectivity index (χ1v) is 14.5. The molecule has 0 aromatic heterocycles. The molecule has 1 N–H and O–H groups in total. The summed E-state index contributed by atoms with van der Waals surface area (Å²) < 4.78 is 11.1. The lowest BCUT2D eigenvalue weighted by Crippen LogP contribution is -2.42. The van der Waals surface area contributed by atoms with Gasteiger partial charge in [0.05, 0.1) is 29.1 Å². The molecule has 4 rings (SSSR count). The van der Waals surface area contributed by atoms with E-state index in [9.17, 15) is 19.7 Å². The van der Waals surface area contributed by atoms with Crippen LogP contribution in [0.1, 0.15) is 55.7 Å². The standard InChI is InChI=1S/C35H39N3O6/c1-24-31(34(40)43-5)32(27-17-12-18-28(21-27)38(41)42)30(22-36-24)33(39)44-35(2,3)23-37(4)20-19-29(25-13-8-6-9-14-25)26-15-10-7-11-16-26/h6-18,21-22,29,32,36H,19-20,23H2,1-5H3. The summed E-state index contributed by atoms with van der Waals surface area (Å²) in [6.45, 7) is 6.58. The molecule has 0 fully saturated rings. The van der Waals surface area contributed by atoms with Crippen molar-refractivity contribution in [2.75, 3.05) is 27.2 Å². The number of hydrogen-bond acceptors (Lipinski definition) is 8. The van der Waals surface area contributed by atoms with Crippen molar-refractivity contribution in [1.29, 1.82) is 0 Å². The van der Waals surface area contributed by atoms with Gasteiger partial charge in [-0.2, -0.15) is 0 Å². The van der Waals surface area contributed by atoms with Crippen LogP contribution in [0.3, 0.4) is 0 Å². The Kier molecular flexibility index (Phi) is 10.3. The molecule has 230 valence electrons. The van der Waals surface area contributed by atoms with Gasteiger partial charge in [0, 0.05) is 36.5 Å². The van der Waals surface area contributed by atoms with Gasteiger partial charge in [0.1, 0.15) is 5.60 Å². The van der Waals surface area contributed by atoms with Gasteiger partial charge in [-0.25, -0.2) is 9.59 Å². The number of ether oxygens (including phenoxy) is 2. The highest BCUT2D eigenvalue weighted by Gasteiger charge is 2.38. The van der Waals surface area contributed by atoms with Crippen LogP contribution in [0.15, 0.2) is 108 Å². The topological polar surface area (TPSA) is 111 Å². The molecule has 3 aromatic carbocycles. The van der Waals surface area contributed by atoms with Gasteiger partial charge in [-0.3, -0.25) is 10.1 Å². The summed E-state index contributed by atoms with van der Waals surface area (Å²) in [5, 5.41) is 14.5. The molecule has 1 atom stereocenters. The lowest BCUT2D eigenvalue weighted by molar-refractivity contribution is -0.384. The molecule has 0 radical (unpaired) electrons. The van der Waals surface area contributed by atoms with E-state index in [4.69, 9.17) is 9.47 Å². The predicted molar refractivity (Wildman–Crippen MR) is 169 cm³/mol. The molecule has 9 heteroatoms. The van der Waals surface area contributed by atoms with E-state index >= 15 is 0 Å². The lowest BCUT2D eigenvalue weighted by atomic mass is 9.82. The highest BCUT2D eigenvalue weighted by Crippen LogP contribution is 2.39. The Morgan fingerprint density at radius 1 is 0.977 bits per heavy atom. The number of rotatable bonds is 12. The number of esters is 2. The maximum Gasteiger partial charge on any atom is 0.337 e. The molecule has 0 saturated heterocycles. The van der Waals surface area contributed by atoms with Crippen molar-refractivity contribution in [1.82, 2.24) is 10.2 Å². The number of nitrogens with zero attached hydrogens (tertiary/aromatic N) is 2. The molecular weight excluding hydrogens is 558 g/mol. The molecule has 1 unspecified atom stereocenters. The van der Waals surface area contributed by atoms with Crippen molar-refractivity contribution >= 4 is 17.6 Å². The van der Waals surface area contributed by atoms with E-state index in [1.165, 1.54) is 42.6 Å². The minimum absolute atomic E-state index is 0.151. The Labute approximate surface area is 258 Å². The molecule has 0 bridgehead atoms. The fourth-order valence-corrected chi connectivity index (χ4v) is 5.76. The van der Waals surface area contributed by atoms with Crippen molar-refractivity contribution in [2.24, 2.45) is 0 Å². The number of methoxy groups -OCH3 is 1. The fraction of sp³-hybridized carbons (Fsp3) is 0.314. The summed E-state index contributed by atoms with van der Waals surface area (Å²) in [6.07, 6.45) is 2.36. The van der Waals surface area contributed by atoms with Gasteiger partial charge in [0.2, 0.25) is 0 Å². The van der Waals surface area contributed by atoms with Crippen molar-refractivity contribution in [3.8, 4) is 0 Å². The first-order valence-electron chi connectivity index (χ1n) is 14.5. The highest BCUT2D eigenvalue weighted by molar-refractivity contribution is 5.99. The summed E-state index contributed by atoms with van der Waals surface area (Å²) in [5.41, 5.74) is 2.67. The van der Waals surface area contributed by atoms with Crippen molar-refractivity contribution in [2.45, 2.75) is 44.6 Å². The maximum atomic E-state index is 13.7. The molecule has 0 spiro atoms. The SMILES string of the molecule is COC(=O)C1=C(C)NC=C(C(=O)OC(C)(C)CN(C)CCC(c2ccccc2)c2ccccc2)C1c1cccc([N+](=O)[O-])c1. The van der Waals surface area contributed by atoms with E-state index in [1.54, 1.807) is 13.0 Å². The van der Waals surface area contributed by atoms with Crippen molar-refractivity contribution < 1.29 is 24.0 Å². The van der Waals surface area contributed by atoms with Crippen LogP contribution in [0.5, 0.6) is 0 Å². The monoisotopic (exact) mass is 597 g/mol. The molecule has 44 heavy (non-hydrogen) atoms. The number of carbonyl (C=O) groups is 2. The van der Waals surface area contributed by atoms with E-state index in [-0.39, 0.29) is 22.8 Å². The van der Waals surface area contributed by atoms with E-state index in [2.05, 4.69) is 58.7 Å². The van der Waals surface area contributed by atoms with E-state index < -0.39 is 28.4 Å². The molecule has 0 aliphatic carbocycles. The Bertz CT molecular complexity index is 1510. The van der Waals surface area contributed by atoms with E-state index in [0.717, 1.165) is 13.0 Å². The second-order valence-corrected chi connectivity index (χ2v) is 11.6. The first-order chi connectivity index (χ1) is 21.0. The van der Waals surface area contributed by atoms with Crippen molar-refractivity contribution in [3.05, 3.63) is 135 Å². The van der Waals surface area contributed by atoms with Gasteiger partial charge >= 0.3 is 11.9 Å². The largest absolute Gasteiger partial charge is 0.466 e. The molecule has 9 nitrogen and oxygen atoms in total. The van der Waals surface area contributed by atoms with Crippen LogP contribution in [0.25, 0.3) is 0 Å². The minimum atomic E-state index is -0.915. The second kappa shape index (κ2) is 14.1. The van der Waals surface area contributed by atoms with Crippen LogP contribution in [-0.2, 0) is 19.1 Å². The zero-order valence-corrected chi connectivity index (χ0v) is 25.8. The molecule has 1 aliphatic heterocycles. The molecule has 0 amide bonds. The molecule has 1 heterocycles. The number of dihydropyridines is 1. The molecule has 3 aromatic rings. The summed E-state index contributed by atoms with van der Waals surface area (Å²) >= 11 is 0. The highest BCUT2D eigenvalue weighted by atomic mass is 16.6. The van der Waals surface area contributed by atoms with E-state index in [0.29, 0.717) is 17.8 Å². The number of nitro benzene ring substituents is 1. The van der Waals surface area contributed by atoms with Gasteiger partial charge in [-0.1, -0.05) is 72.8 Å². The van der Waals surface area contributed by atoms with Crippen molar-refractivity contribution in [3.63, 3.8) is 0 Å². The van der Waals surface area contributed by atoms with Crippen LogP contribution in [-0.4, -0.2) is 54.6 Å². The van der Waals surface area contributed by atoms with Crippen LogP contribution < -0.4 is 5.32 Å². The Morgan fingerprint density at radius 3 is 2.16 bits per heavy atom. The quantitative estimate of drug-likeness (QED) is 0.152. The smallest absolute Gasteiger partial charge is 0.337 e. The first kappa shape index (κ1) is 32.2. The number of benzene rings is 3. The third-order valence-electron chi connectivity index (χ3n) is 7.73. The normalized spacial score (nSPS) is 15.1. The number of nitrogens with one attached hydrogen (secondary N) is 1. The van der Waals surface area contributed by atoms with Crippen LogP contribution in [0.2, 0.25) is 0 Å². The predicted octanol–water partition coefficient (Wildman–Crippen LogP) is 6.09. The Hall–Kier alpha value is -4.76. The second-order valence-electron chi connectivity index (χ2n) is 11.6. The Balaban J connectivity index is 1.50. The van der Waals surface area contributed by atoms with Gasteiger partial charge in [0.15, 0.2) is 0 Å². The number of non-ortho nitro benzene ring substituents is 1. The molecule has 0 saturated carbocycles. The minimum Gasteiger partial charge on any atom is -0.466 e. The molecule has 1 aliphatic rings. The lowest BCUT2D eigenvalue weighted by Gasteiger charge is -2.33. The van der Waals surface area contributed by atoms with Crippen LogP contribution in [0, 0.1) is 10.1 Å². The van der Waals surface area contributed by atoms with Gasteiger partial charge in [-0.05, 0) is 57.5 Å². The number of hydrogen-bond donors (Lipinski definition) is 1. The summed E-state index contributed by atoms with van der Waals surface area (Å²) in [5.74, 6) is -1.98. The average molecular weight is 598 g/mol. The number of allylic oxidation sites excluding steroid dienone is 1. The number of carbonyl (C=O) groups excluding carboxylic acids is 2. The third-order valence-corrected chi connectivity index (χ3v) is 7.73. The number of nitro groups is 1.